The van der Waals surface area contributed by atoms with Crippen LogP contribution in [0.1, 0.15) is 43.2 Å². The maximum atomic E-state index is 13.5. The molecule has 0 radical (unpaired) electrons. The molecule has 3 saturated heterocycles. The summed E-state index contributed by atoms with van der Waals surface area (Å²) in [6.45, 7) is 3.81. The number of anilines is 2. The number of carbonyl (C=O) groups is 1. The third-order valence-corrected chi connectivity index (χ3v) is 7.97. The van der Waals surface area contributed by atoms with Gasteiger partial charge in [0.1, 0.15) is 17.7 Å². The lowest BCUT2D eigenvalue weighted by atomic mass is 9.72. The Morgan fingerprint density at radius 2 is 1.97 bits per heavy atom. The summed E-state index contributed by atoms with van der Waals surface area (Å²) in [6.07, 6.45) is 1.15. The van der Waals surface area contributed by atoms with E-state index >= 15 is 0 Å². The number of amides is 1. The van der Waals surface area contributed by atoms with Gasteiger partial charge in [0, 0.05) is 44.3 Å². The Bertz CT molecular complexity index is 1280. The first-order valence-electron chi connectivity index (χ1n) is 13.1. The van der Waals surface area contributed by atoms with Gasteiger partial charge in [0.05, 0.1) is 37.6 Å². The second-order valence-corrected chi connectivity index (χ2v) is 10.5. The number of alkyl halides is 3. The van der Waals surface area contributed by atoms with Crippen molar-refractivity contribution in [2.45, 2.75) is 44.3 Å². The van der Waals surface area contributed by atoms with Gasteiger partial charge < -0.3 is 24.4 Å². The summed E-state index contributed by atoms with van der Waals surface area (Å²) in [4.78, 5) is 40.3. The van der Waals surface area contributed by atoms with Crippen molar-refractivity contribution in [3.05, 3.63) is 46.1 Å². The lowest BCUT2D eigenvalue weighted by Gasteiger charge is -2.54. The van der Waals surface area contributed by atoms with Crippen LogP contribution in [0.5, 0.6) is 0 Å². The quantitative estimate of drug-likeness (QED) is 0.528. The Morgan fingerprint density at radius 3 is 2.64 bits per heavy atom. The number of hydrogen-bond acceptors (Lipinski definition) is 8. The first kappa shape index (κ1) is 26.9. The molecule has 1 spiro atoms. The zero-order valence-corrected chi connectivity index (χ0v) is 21.4. The monoisotopic (exact) mass is 545 g/mol. The molecule has 1 N–H and O–H groups in total. The van der Waals surface area contributed by atoms with Crippen LogP contribution in [0.4, 0.5) is 24.8 Å². The van der Waals surface area contributed by atoms with Gasteiger partial charge in [-0.3, -0.25) is 9.59 Å². The molecule has 0 saturated carbocycles. The molecule has 0 unspecified atom stereocenters. The van der Waals surface area contributed by atoms with Crippen molar-refractivity contribution in [1.29, 1.82) is 5.26 Å². The van der Waals surface area contributed by atoms with Gasteiger partial charge in [-0.15, -0.1) is 0 Å². The highest BCUT2D eigenvalue weighted by molar-refractivity contribution is 5.77. The normalized spacial score (nSPS) is 20.7. The van der Waals surface area contributed by atoms with E-state index in [-0.39, 0.29) is 42.8 Å². The summed E-state index contributed by atoms with van der Waals surface area (Å²) >= 11 is 0. The van der Waals surface area contributed by atoms with Gasteiger partial charge in [0.25, 0.3) is 5.56 Å². The SMILES string of the molecule is N#Cc1ccc(N2CCC3(CC2)CN(C(=O)CCOC[C@@H]2CCCN2c2nc[nH]c(=O)c2C(F)(F)F)C3)nc1. The average molecular weight is 546 g/mol. The van der Waals surface area contributed by atoms with Crippen LogP contribution >= 0.6 is 0 Å². The number of nitriles is 1. The highest BCUT2D eigenvalue weighted by Crippen LogP contribution is 2.41. The number of pyridine rings is 1. The summed E-state index contributed by atoms with van der Waals surface area (Å²) in [6, 6.07) is 5.35. The van der Waals surface area contributed by atoms with E-state index in [2.05, 4.69) is 20.9 Å². The molecule has 2 aromatic rings. The molecule has 0 aromatic carbocycles. The number of aromatic amines is 1. The van der Waals surface area contributed by atoms with Crippen molar-refractivity contribution in [2.24, 2.45) is 5.41 Å². The first-order valence-corrected chi connectivity index (χ1v) is 13.1. The number of likely N-dealkylation sites (tertiary alicyclic amines) is 1. The number of ether oxygens (including phenoxy) is 1. The Labute approximate surface area is 223 Å². The molecule has 13 heteroatoms. The third kappa shape index (κ3) is 5.71. The van der Waals surface area contributed by atoms with Crippen LogP contribution in [0.3, 0.4) is 0 Å². The van der Waals surface area contributed by atoms with E-state index in [4.69, 9.17) is 10.00 Å². The number of nitrogens with one attached hydrogen (secondary N) is 1. The molecule has 10 nitrogen and oxygen atoms in total. The number of piperidine rings is 1. The number of halogens is 3. The number of H-pyrrole nitrogens is 1. The van der Waals surface area contributed by atoms with E-state index in [1.165, 1.54) is 4.90 Å². The predicted molar refractivity (Wildman–Crippen MR) is 135 cm³/mol. The average Bonchev–Trinajstić information content (AvgIpc) is 3.37. The van der Waals surface area contributed by atoms with E-state index in [9.17, 15) is 22.8 Å². The zero-order chi connectivity index (χ0) is 27.6. The molecule has 3 aliphatic heterocycles. The topological polar surface area (TPSA) is 118 Å². The molecule has 5 rings (SSSR count). The van der Waals surface area contributed by atoms with Crippen molar-refractivity contribution in [2.75, 3.05) is 55.7 Å². The molecule has 39 heavy (non-hydrogen) atoms. The van der Waals surface area contributed by atoms with Crippen LogP contribution in [0, 0.1) is 16.7 Å². The van der Waals surface area contributed by atoms with E-state index in [0.29, 0.717) is 38.0 Å². The van der Waals surface area contributed by atoms with Gasteiger partial charge in [0.2, 0.25) is 5.91 Å². The minimum atomic E-state index is -4.82. The van der Waals surface area contributed by atoms with Crippen LogP contribution in [-0.2, 0) is 15.7 Å². The molecule has 0 aliphatic carbocycles. The third-order valence-electron chi connectivity index (χ3n) is 7.97. The number of aromatic nitrogens is 3. The lowest BCUT2D eigenvalue weighted by Crippen LogP contribution is -2.62. The highest BCUT2D eigenvalue weighted by Gasteiger charge is 2.46. The van der Waals surface area contributed by atoms with Crippen LogP contribution in [0.15, 0.2) is 29.5 Å². The van der Waals surface area contributed by atoms with Crippen LogP contribution in [0.2, 0.25) is 0 Å². The highest BCUT2D eigenvalue weighted by atomic mass is 19.4. The summed E-state index contributed by atoms with van der Waals surface area (Å²) < 4.78 is 46.2. The molecular weight excluding hydrogens is 515 g/mol. The van der Waals surface area contributed by atoms with Crippen molar-refractivity contribution in [3.63, 3.8) is 0 Å². The van der Waals surface area contributed by atoms with Crippen LogP contribution in [-0.4, -0.2) is 77.7 Å². The van der Waals surface area contributed by atoms with E-state index in [0.717, 1.165) is 38.1 Å². The maximum Gasteiger partial charge on any atom is 0.425 e. The second kappa shape index (κ2) is 10.8. The number of nitrogens with zero attached hydrogens (tertiary/aromatic N) is 6. The van der Waals surface area contributed by atoms with Crippen molar-refractivity contribution in [1.82, 2.24) is 19.9 Å². The molecule has 1 atom stereocenters. The van der Waals surface area contributed by atoms with E-state index < -0.39 is 17.3 Å². The second-order valence-electron chi connectivity index (χ2n) is 10.5. The van der Waals surface area contributed by atoms with Gasteiger partial charge in [-0.25, -0.2) is 9.97 Å². The summed E-state index contributed by atoms with van der Waals surface area (Å²) in [7, 11) is 0. The van der Waals surface area contributed by atoms with Gasteiger partial charge in [-0.05, 0) is 37.8 Å². The molecule has 5 heterocycles. The number of carbonyl (C=O) groups excluding carboxylic acids is 1. The van der Waals surface area contributed by atoms with Crippen LogP contribution < -0.4 is 15.4 Å². The smallest absolute Gasteiger partial charge is 0.379 e. The van der Waals surface area contributed by atoms with E-state index in [1.807, 2.05) is 16.0 Å². The van der Waals surface area contributed by atoms with Gasteiger partial charge >= 0.3 is 6.18 Å². The molecule has 3 fully saturated rings. The Hall–Kier alpha value is -3.66. The largest absolute Gasteiger partial charge is 0.425 e. The first-order chi connectivity index (χ1) is 18.7. The fourth-order valence-corrected chi connectivity index (χ4v) is 5.79. The molecule has 2 aromatic heterocycles. The van der Waals surface area contributed by atoms with Gasteiger partial charge in [-0.2, -0.15) is 18.4 Å². The number of rotatable bonds is 7. The van der Waals surface area contributed by atoms with Crippen LogP contribution in [0.25, 0.3) is 0 Å². The van der Waals surface area contributed by atoms with Gasteiger partial charge in [-0.1, -0.05) is 0 Å². The predicted octanol–water partition coefficient (Wildman–Crippen LogP) is 2.56. The van der Waals surface area contributed by atoms with Crippen molar-refractivity contribution >= 4 is 17.5 Å². The standard InChI is InChI=1S/C26H30F3N7O3/c27-26(28,29)22-23(32-17-33-24(22)38)36-8-1-2-19(36)14-39-11-5-21(37)35-15-25(16-35)6-9-34(10-7-25)20-4-3-18(12-30)13-31-20/h3-4,13,17,19H,1-2,5-11,14-16H2,(H,32,33,38)/t19-/m0/s1. The Kier molecular flexibility index (Phi) is 7.48. The minimum Gasteiger partial charge on any atom is -0.379 e. The summed E-state index contributed by atoms with van der Waals surface area (Å²) in [5, 5.41) is 8.94. The van der Waals surface area contributed by atoms with Crippen molar-refractivity contribution < 1.29 is 22.7 Å². The fraction of sp³-hybridized carbons (Fsp3) is 0.577. The maximum absolute atomic E-state index is 13.5. The summed E-state index contributed by atoms with van der Waals surface area (Å²) in [5.74, 6) is 0.495. The molecule has 0 bridgehead atoms. The van der Waals surface area contributed by atoms with E-state index in [1.54, 1.807) is 12.3 Å². The van der Waals surface area contributed by atoms with Gasteiger partial charge in [0.15, 0.2) is 5.56 Å². The fourth-order valence-electron chi connectivity index (χ4n) is 5.79. The van der Waals surface area contributed by atoms with Crippen molar-refractivity contribution in [3.8, 4) is 6.07 Å². The molecular formula is C26H30F3N7O3. The molecule has 1 amide bonds. The minimum absolute atomic E-state index is 0.00992. The zero-order valence-electron chi connectivity index (χ0n) is 21.4. The Balaban J connectivity index is 1.05. The molecule has 3 aliphatic rings. The summed E-state index contributed by atoms with van der Waals surface area (Å²) in [5.41, 5.74) is -1.85. The Morgan fingerprint density at radius 1 is 1.21 bits per heavy atom. The lowest BCUT2D eigenvalue weighted by molar-refractivity contribution is -0.146. The number of hydrogen-bond donors (Lipinski definition) is 1. The molecule has 208 valence electrons.